The lowest BCUT2D eigenvalue weighted by Gasteiger charge is -2.01. The highest BCUT2D eigenvalue weighted by molar-refractivity contribution is 5.89. The SMILES string of the molecule is O=C(O)c1cc(O)c(O)c(O)c1.O=C(O)c1cc(O)c(O)c(O)c1.OCc1cccc(CO)c1. The van der Waals surface area contributed by atoms with Crippen LogP contribution in [0.4, 0.5) is 0 Å². The van der Waals surface area contributed by atoms with Crippen molar-refractivity contribution in [3.8, 4) is 34.5 Å². The number of carboxylic acids is 2. The lowest BCUT2D eigenvalue weighted by molar-refractivity contribution is 0.0685. The van der Waals surface area contributed by atoms with E-state index in [0.29, 0.717) is 0 Å². The molecule has 3 rings (SSSR count). The van der Waals surface area contributed by atoms with Gasteiger partial charge in [0.15, 0.2) is 34.5 Å². The number of hydrogen-bond acceptors (Lipinski definition) is 10. The molecular weight excluding hydrogens is 456 g/mol. The van der Waals surface area contributed by atoms with E-state index in [9.17, 15) is 9.59 Å². The van der Waals surface area contributed by atoms with Gasteiger partial charge in [0, 0.05) is 0 Å². The number of aliphatic hydroxyl groups excluding tert-OH is 2. The molecule has 0 amide bonds. The number of hydrogen-bond donors (Lipinski definition) is 10. The second-order valence-corrected chi connectivity index (χ2v) is 6.47. The Morgan fingerprint density at radius 1 is 0.559 bits per heavy atom. The van der Waals surface area contributed by atoms with Crippen LogP contribution in [0.1, 0.15) is 31.8 Å². The summed E-state index contributed by atoms with van der Waals surface area (Å²) in [7, 11) is 0. The molecule has 12 nitrogen and oxygen atoms in total. The Labute approximate surface area is 191 Å². The Hall–Kier alpha value is -4.68. The molecule has 0 unspecified atom stereocenters. The molecule has 0 aliphatic rings. The van der Waals surface area contributed by atoms with Crippen LogP contribution in [0.5, 0.6) is 34.5 Å². The first kappa shape index (κ1) is 27.4. The largest absolute Gasteiger partial charge is 0.504 e. The number of phenolic OH excluding ortho intramolecular Hbond substituents is 6. The smallest absolute Gasteiger partial charge is 0.335 e. The Kier molecular flexibility index (Phi) is 9.96. The first-order valence-electron chi connectivity index (χ1n) is 9.17. The van der Waals surface area contributed by atoms with E-state index < -0.39 is 46.4 Å². The second kappa shape index (κ2) is 12.4. The molecule has 0 radical (unpaired) electrons. The van der Waals surface area contributed by atoms with E-state index in [-0.39, 0.29) is 24.3 Å². The molecule has 182 valence electrons. The number of aromatic hydroxyl groups is 6. The minimum Gasteiger partial charge on any atom is -0.504 e. The van der Waals surface area contributed by atoms with E-state index in [0.717, 1.165) is 35.4 Å². The van der Waals surface area contributed by atoms with Crippen LogP contribution in [0.15, 0.2) is 48.5 Å². The molecule has 10 N–H and O–H groups in total. The molecule has 3 aromatic carbocycles. The van der Waals surface area contributed by atoms with Crippen LogP contribution in [0.25, 0.3) is 0 Å². The molecule has 0 spiro atoms. The maximum Gasteiger partial charge on any atom is 0.335 e. The molecule has 3 aromatic rings. The van der Waals surface area contributed by atoms with Crippen molar-refractivity contribution < 1.29 is 60.7 Å². The van der Waals surface area contributed by atoms with Crippen LogP contribution in [0.3, 0.4) is 0 Å². The van der Waals surface area contributed by atoms with E-state index in [2.05, 4.69) is 0 Å². The maximum atomic E-state index is 10.3. The average molecular weight is 478 g/mol. The Balaban J connectivity index is 0.000000256. The van der Waals surface area contributed by atoms with Crippen molar-refractivity contribution in [1.29, 1.82) is 0 Å². The summed E-state index contributed by atoms with van der Waals surface area (Å²) >= 11 is 0. The van der Waals surface area contributed by atoms with E-state index in [4.69, 9.17) is 51.1 Å². The molecule has 34 heavy (non-hydrogen) atoms. The molecule has 0 aliphatic heterocycles. The number of benzene rings is 3. The van der Waals surface area contributed by atoms with Gasteiger partial charge in [-0.2, -0.15) is 0 Å². The van der Waals surface area contributed by atoms with Gasteiger partial charge in [-0.1, -0.05) is 24.3 Å². The molecule has 0 saturated carbocycles. The molecule has 0 aliphatic carbocycles. The zero-order chi connectivity index (χ0) is 26.0. The van der Waals surface area contributed by atoms with Gasteiger partial charge >= 0.3 is 11.9 Å². The monoisotopic (exact) mass is 478 g/mol. The van der Waals surface area contributed by atoms with Gasteiger partial charge in [-0.25, -0.2) is 9.59 Å². The average Bonchev–Trinajstić information content (AvgIpc) is 2.81. The quantitative estimate of drug-likeness (QED) is 0.241. The number of aromatic carboxylic acids is 2. The fourth-order valence-corrected chi connectivity index (χ4v) is 2.28. The van der Waals surface area contributed by atoms with Crippen molar-refractivity contribution in [3.63, 3.8) is 0 Å². The molecule has 0 heterocycles. The highest BCUT2D eigenvalue weighted by Gasteiger charge is 2.12. The van der Waals surface area contributed by atoms with Crippen LogP contribution in [-0.2, 0) is 13.2 Å². The van der Waals surface area contributed by atoms with Crippen molar-refractivity contribution in [2.24, 2.45) is 0 Å². The number of rotatable bonds is 4. The molecular formula is C22H22O12. The summed E-state index contributed by atoms with van der Waals surface area (Å²) in [6.07, 6.45) is 0. The Bertz CT molecular complexity index is 1020. The molecule has 0 atom stereocenters. The van der Waals surface area contributed by atoms with Gasteiger partial charge in [0.05, 0.1) is 24.3 Å². The molecule has 0 aromatic heterocycles. The lowest BCUT2D eigenvalue weighted by atomic mass is 10.1. The zero-order valence-electron chi connectivity index (χ0n) is 17.3. The van der Waals surface area contributed by atoms with Crippen LogP contribution in [-0.4, -0.2) is 63.0 Å². The molecule has 0 fully saturated rings. The Morgan fingerprint density at radius 3 is 1.09 bits per heavy atom. The number of carboxylic acid groups (broad SMARTS) is 2. The predicted molar refractivity (Wildman–Crippen MR) is 115 cm³/mol. The van der Waals surface area contributed by atoms with E-state index >= 15 is 0 Å². The summed E-state index contributed by atoms with van der Waals surface area (Å²) in [6.45, 7) is 0.0711. The highest BCUT2D eigenvalue weighted by atomic mass is 16.4. The summed E-state index contributed by atoms with van der Waals surface area (Å²) in [5.41, 5.74) is 1.10. The van der Waals surface area contributed by atoms with Crippen LogP contribution in [0.2, 0.25) is 0 Å². The summed E-state index contributed by atoms with van der Waals surface area (Å²) in [5, 5.41) is 87.3. The zero-order valence-corrected chi connectivity index (χ0v) is 17.3. The minimum atomic E-state index is -1.29. The minimum absolute atomic E-state index is 0.0356. The number of aliphatic hydroxyl groups is 2. The summed E-state index contributed by atoms with van der Waals surface area (Å²) < 4.78 is 0. The van der Waals surface area contributed by atoms with E-state index in [1.54, 1.807) is 6.07 Å². The topological polar surface area (TPSA) is 236 Å². The van der Waals surface area contributed by atoms with Crippen LogP contribution < -0.4 is 0 Å². The normalized spacial score (nSPS) is 9.71. The lowest BCUT2D eigenvalue weighted by Crippen LogP contribution is -1.95. The number of carbonyl (C=O) groups is 2. The molecule has 12 heteroatoms. The van der Waals surface area contributed by atoms with Crippen molar-refractivity contribution in [2.75, 3.05) is 0 Å². The number of phenols is 6. The third-order valence-electron chi connectivity index (χ3n) is 3.99. The van der Waals surface area contributed by atoms with Gasteiger partial charge in [0.1, 0.15) is 0 Å². The van der Waals surface area contributed by atoms with Crippen LogP contribution >= 0.6 is 0 Å². The highest BCUT2D eigenvalue weighted by Crippen LogP contribution is 2.36. The van der Waals surface area contributed by atoms with Gasteiger partial charge in [-0.3, -0.25) is 0 Å². The second-order valence-electron chi connectivity index (χ2n) is 6.47. The standard InChI is InChI=1S/C8H10O2.2C7H6O5/c9-5-7-2-1-3-8(4-7)6-10;2*8-4-1-3(7(11)12)2-5(9)6(4)10/h1-4,9-10H,5-6H2;2*1-2,8-10H,(H,11,12). The van der Waals surface area contributed by atoms with E-state index in [1.165, 1.54) is 0 Å². The van der Waals surface area contributed by atoms with Gasteiger partial charge in [-0.15, -0.1) is 0 Å². The van der Waals surface area contributed by atoms with E-state index in [1.807, 2.05) is 18.2 Å². The first-order valence-corrected chi connectivity index (χ1v) is 9.17. The first-order chi connectivity index (χ1) is 15.9. The van der Waals surface area contributed by atoms with Crippen molar-refractivity contribution in [2.45, 2.75) is 13.2 Å². The van der Waals surface area contributed by atoms with Gasteiger partial charge < -0.3 is 51.1 Å². The fourth-order valence-electron chi connectivity index (χ4n) is 2.28. The maximum absolute atomic E-state index is 10.3. The van der Waals surface area contributed by atoms with Gasteiger partial charge in [0.25, 0.3) is 0 Å². The Morgan fingerprint density at radius 2 is 0.853 bits per heavy atom. The summed E-state index contributed by atoms with van der Waals surface area (Å²) in [6, 6.07) is 10.6. The summed E-state index contributed by atoms with van der Waals surface area (Å²) in [4.78, 5) is 20.6. The van der Waals surface area contributed by atoms with Crippen LogP contribution in [0, 0.1) is 0 Å². The van der Waals surface area contributed by atoms with Crippen molar-refractivity contribution in [1.82, 2.24) is 0 Å². The third-order valence-corrected chi connectivity index (χ3v) is 3.99. The summed E-state index contributed by atoms with van der Waals surface area (Å²) in [5.74, 6) is -6.67. The predicted octanol–water partition coefficient (Wildman–Crippen LogP) is 1.67. The van der Waals surface area contributed by atoms with Gasteiger partial charge in [0.2, 0.25) is 0 Å². The molecule has 0 bridgehead atoms. The third kappa shape index (κ3) is 7.78. The van der Waals surface area contributed by atoms with Crippen molar-refractivity contribution in [3.05, 3.63) is 70.8 Å². The molecule has 0 saturated heterocycles. The fraction of sp³-hybridized carbons (Fsp3) is 0.0909. The van der Waals surface area contributed by atoms with Crippen molar-refractivity contribution >= 4 is 11.9 Å². The van der Waals surface area contributed by atoms with Gasteiger partial charge in [-0.05, 0) is 35.4 Å².